The fraction of sp³-hybridized carbons (Fsp3) is 0.400. The Balaban J connectivity index is 0.904. The Morgan fingerprint density at radius 3 is 1.58 bits per heavy atom. The van der Waals surface area contributed by atoms with Crippen LogP contribution in [0.3, 0.4) is 0 Å². The van der Waals surface area contributed by atoms with E-state index in [0.29, 0.717) is 84.0 Å². The summed E-state index contributed by atoms with van der Waals surface area (Å²) < 4.78 is 0. The molecule has 14 nitrogen and oxygen atoms in total. The number of carbonyl (C=O) groups excluding carboxylic acids is 6. The monoisotopic (exact) mass is 997 g/mol. The summed E-state index contributed by atoms with van der Waals surface area (Å²) in [6.07, 6.45) is 4.86. The summed E-state index contributed by atoms with van der Waals surface area (Å²) in [5, 5.41) is 12.1. The molecule has 5 aliphatic rings. The van der Waals surface area contributed by atoms with E-state index in [4.69, 9.17) is 0 Å². The molecule has 5 aromatic carbocycles. The van der Waals surface area contributed by atoms with Crippen molar-refractivity contribution in [1.82, 2.24) is 31.1 Å². The van der Waals surface area contributed by atoms with E-state index in [0.717, 1.165) is 55.9 Å². The fourth-order valence-electron chi connectivity index (χ4n) is 11.7. The molecule has 1 saturated carbocycles. The Labute approximate surface area is 434 Å². The molecule has 0 bridgehead atoms. The number of amides is 6. The molecule has 1 spiro atoms. The van der Waals surface area contributed by atoms with Gasteiger partial charge in [-0.05, 0) is 117 Å². The van der Waals surface area contributed by atoms with Crippen LogP contribution in [0.2, 0.25) is 0 Å². The quantitative estimate of drug-likeness (QED) is 0.0931. The van der Waals surface area contributed by atoms with Crippen LogP contribution in [0.4, 0.5) is 11.4 Å². The largest absolute Gasteiger partial charge is 0.351 e. The Hall–Kier alpha value is -7.16. The van der Waals surface area contributed by atoms with Gasteiger partial charge in [0, 0.05) is 45.1 Å². The van der Waals surface area contributed by atoms with Gasteiger partial charge in [-0.1, -0.05) is 121 Å². The van der Waals surface area contributed by atoms with Crippen LogP contribution < -0.4 is 31.1 Å². The van der Waals surface area contributed by atoms with E-state index in [1.54, 1.807) is 37.7 Å². The summed E-state index contributed by atoms with van der Waals surface area (Å²) >= 11 is 0. The molecule has 0 aromatic heterocycles. The Bertz CT molecular complexity index is 2930. The Morgan fingerprint density at radius 2 is 1.05 bits per heavy atom. The summed E-state index contributed by atoms with van der Waals surface area (Å²) in [7, 11) is 3.44. The van der Waals surface area contributed by atoms with Crippen molar-refractivity contribution in [2.24, 2.45) is 5.41 Å². The number of hydrogen-bond donors (Lipinski definition) is 4. The standard InChI is InChI=1S/C60H68N8O6/c1-38(61-3)54(69)63-48-26-25-44-17-11-19-46-33-49(67(52(44)46)56(48)71)57(72)65(31-28-40-13-7-5-8-14-40)36-42-21-23-43(24-22-42)37-66(32-29-41-15-9-6-10-16-41)58(73)50-34-47-20-12-18-45-27-30-60(59(74)68(50)53(45)47)35-51(60)64-55(70)39(2)62-4/h5-24,38-39,48-51,61-62H,25-37H2,1-4H3,(H,63,69)(H,64,70)/t38-,39-,48?,49-,50-,51?,60?/m0/s1. The van der Waals surface area contributed by atoms with Crippen LogP contribution in [-0.4, -0.2) is 109 Å². The highest BCUT2D eigenvalue weighted by atomic mass is 16.2. The lowest BCUT2D eigenvalue weighted by molar-refractivity contribution is -0.136. The smallest absolute Gasteiger partial charge is 0.250 e. The van der Waals surface area contributed by atoms with Crippen LogP contribution in [0, 0.1) is 5.41 Å². The third kappa shape index (κ3) is 9.97. The number of anilines is 2. The number of rotatable bonds is 18. The predicted octanol–water partition coefficient (Wildman–Crippen LogP) is 5.21. The maximum atomic E-state index is 15.3. The normalized spacial score (nSPS) is 22.0. The average Bonchev–Trinajstić information content (AvgIpc) is 3.85. The summed E-state index contributed by atoms with van der Waals surface area (Å²) in [6, 6.07) is 36.8. The number of carbonyl (C=O) groups is 6. The summed E-state index contributed by atoms with van der Waals surface area (Å²) in [6.45, 7) is 5.00. The molecule has 384 valence electrons. The lowest BCUT2D eigenvalue weighted by Crippen LogP contribution is -2.56. The van der Waals surface area contributed by atoms with Gasteiger partial charge < -0.3 is 31.1 Å². The van der Waals surface area contributed by atoms with Gasteiger partial charge in [0.15, 0.2) is 0 Å². The number of para-hydroxylation sites is 2. The topological polar surface area (TPSA) is 164 Å². The van der Waals surface area contributed by atoms with Crippen molar-refractivity contribution < 1.29 is 28.8 Å². The van der Waals surface area contributed by atoms with E-state index in [1.807, 2.05) is 101 Å². The zero-order chi connectivity index (χ0) is 51.7. The molecule has 74 heavy (non-hydrogen) atoms. The zero-order valence-corrected chi connectivity index (χ0v) is 42.9. The molecule has 14 heteroatoms. The molecule has 0 radical (unpaired) electrons. The molecule has 0 saturated heterocycles. The first kappa shape index (κ1) is 50.4. The molecular weight excluding hydrogens is 929 g/mol. The van der Waals surface area contributed by atoms with Crippen LogP contribution in [0.5, 0.6) is 0 Å². The lowest BCUT2D eigenvalue weighted by Gasteiger charge is -2.33. The maximum Gasteiger partial charge on any atom is 0.250 e. The second-order valence-corrected chi connectivity index (χ2v) is 21.0. The molecular formula is C60H68N8O6. The average molecular weight is 997 g/mol. The van der Waals surface area contributed by atoms with Crippen molar-refractivity contribution in [3.8, 4) is 0 Å². The summed E-state index contributed by atoms with van der Waals surface area (Å²) in [4.78, 5) is 93.4. The minimum atomic E-state index is -0.785. The fourth-order valence-corrected chi connectivity index (χ4v) is 11.7. The molecule has 6 amide bonds. The Kier molecular flexibility index (Phi) is 14.5. The first-order valence-electron chi connectivity index (χ1n) is 26.4. The van der Waals surface area contributed by atoms with E-state index in [9.17, 15) is 19.2 Å². The molecule has 10 rings (SSSR count). The van der Waals surface area contributed by atoms with Crippen LogP contribution in [0.1, 0.15) is 77.6 Å². The van der Waals surface area contributed by atoms with Gasteiger partial charge in [0.2, 0.25) is 35.4 Å². The Morgan fingerprint density at radius 1 is 0.581 bits per heavy atom. The van der Waals surface area contributed by atoms with Crippen LogP contribution >= 0.6 is 0 Å². The van der Waals surface area contributed by atoms with Gasteiger partial charge in [-0.2, -0.15) is 0 Å². The van der Waals surface area contributed by atoms with Gasteiger partial charge in [-0.3, -0.25) is 38.6 Å². The van der Waals surface area contributed by atoms with Gasteiger partial charge in [0.1, 0.15) is 18.1 Å². The van der Waals surface area contributed by atoms with Gasteiger partial charge in [0.05, 0.1) is 28.9 Å². The van der Waals surface area contributed by atoms with E-state index in [2.05, 4.69) is 51.6 Å². The van der Waals surface area contributed by atoms with Gasteiger partial charge in [-0.25, -0.2) is 0 Å². The first-order chi connectivity index (χ1) is 35.9. The SMILES string of the molecule is CN[C@@H](C)C(=O)NC1CCc2cccc3c2N(C1=O)[C@H](C(=O)N(CCc1ccccc1)Cc1ccc(CN(CCc2ccccc2)C(=O)[C@@H]2Cc4cccc5c4N2C(=O)C2(CC5)CC2NC(=O)[C@H](C)NC)cc1)C3. The van der Waals surface area contributed by atoms with E-state index in [-0.39, 0.29) is 41.5 Å². The minimum Gasteiger partial charge on any atom is -0.351 e. The molecule has 1 aliphatic carbocycles. The summed E-state index contributed by atoms with van der Waals surface area (Å²) in [5.41, 5.74) is 8.84. The number of likely N-dealkylation sites (N-methyl/N-ethyl adjacent to an activating group) is 2. The number of hydrogen-bond acceptors (Lipinski definition) is 8. The van der Waals surface area contributed by atoms with Crippen molar-refractivity contribution in [3.63, 3.8) is 0 Å². The molecule has 5 aromatic rings. The highest BCUT2D eigenvalue weighted by molar-refractivity contribution is 6.10. The van der Waals surface area contributed by atoms with Crippen molar-refractivity contribution in [3.05, 3.63) is 166 Å². The van der Waals surface area contributed by atoms with Crippen LogP contribution in [-0.2, 0) is 80.4 Å². The predicted molar refractivity (Wildman–Crippen MR) is 285 cm³/mol. The second kappa shape index (κ2) is 21.4. The van der Waals surface area contributed by atoms with Crippen molar-refractivity contribution >= 4 is 46.8 Å². The second-order valence-electron chi connectivity index (χ2n) is 21.0. The molecule has 4 N–H and O–H groups in total. The van der Waals surface area contributed by atoms with Crippen molar-refractivity contribution in [1.29, 1.82) is 0 Å². The first-order valence-corrected chi connectivity index (χ1v) is 26.4. The third-order valence-corrected chi connectivity index (χ3v) is 16.4. The molecule has 3 unspecified atom stereocenters. The molecule has 4 aliphatic heterocycles. The number of aryl methyl sites for hydroxylation is 2. The third-order valence-electron chi connectivity index (χ3n) is 16.4. The van der Waals surface area contributed by atoms with Gasteiger partial charge >= 0.3 is 0 Å². The number of benzene rings is 5. The van der Waals surface area contributed by atoms with Gasteiger partial charge in [0.25, 0.3) is 0 Å². The molecule has 7 atom stereocenters. The number of nitrogens with one attached hydrogen (secondary N) is 4. The molecule has 4 heterocycles. The van der Waals surface area contributed by atoms with Crippen molar-refractivity contribution in [2.75, 3.05) is 37.0 Å². The summed E-state index contributed by atoms with van der Waals surface area (Å²) in [5.74, 6) is -1.06. The van der Waals surface area contributed by atoms with E-state index >= 15 is 9.59 Å². The van der Waals surface area contributed by atoms with Crippen LogP contribution in [0.15, 0.2) is 121 Å². The lowest BCUT2D eigenvalue weighted by atomic mass is 9.94. The zero-order valence-electron chi connectivity index (χ0n) is 42.9. The highest BCUT2D eigenvalue weighted by Gasteiger charge is 2.64. The van der Waals surface area contributed by atoms with E-state index in [1.165, 1.54) is 0 Å². The van der Waals surface area contributed by atoms with E-state index < -0.39 is 35.6 Å². The molecule has 1 fully saturated rings. The van der Waals surface area contributed by atoms with Crippen LogP contribution in [0.25, 0.3) is 0 Å². The minimum absolute atomic E-state index is 0.0893. The highest BCUT2D eigenvalue weighted by Crippen LogP contribution is 2.56. The number of nitrogens with zero attached hydrogens (tertiary/aromatic N) is 4. The maximum absolute atomic E-state index is 15.3. The van der Waals surface area contributed by atoms with Gasteiger partial charge in [-0.15, -0.1) is 0 Å². The van der Waals surface area contributed by atoms with Crippen molar-refractivity contribution in [2.45, 2.75) is 121 Å².